The van der Waals surface area contributed by atoms with Gasteiger partial charge in [0, 0.05) is 0 Å². The second kappa shape index (κ2) is 6.90. The first-order chi connectivity index (χ1) is 12.8. The minimum atomic E-state index is -4.74. The molecule has 8 nitrogen and oxygen atoms in total. The second-order valence-corrected chi connectivity index (χ2v) is 8.34. The second-order valence-electron chi connectivity index (χ2n) is 5.40. The lowest BCUT2D eigenvalue weighted by Crippen LogP contribution is -2.35. The number of halogens is 4. The molecule has 3 rings (SSSR count). The van der Waals surface area contributed by atoms with Crippen LogP contribution in [-0.2, 0) is 14.9 Å². The van der Waals surface area contributed by atoms with Crippen LogP contribution in [0.25, 0.3) is 6.08 Å². The van der Waals surface area contributed by atoms with Crippen LogP contribution in [0.15, 0.2) is 33.9 Å². The minimum absolute atomic E-state index is 0.0899. The number of benzene rings is 1. The monoisotopic (exact) mass is 452 g/mol. The first-order valence-electron chi connectivity index (χ1n) is 7.11. The van der Waals surface area contributed by atoms with Crippen LogP contribution in [0.3, 0.4) is 0 Å². The highest BCUT2D eigenvalue weighted by Gasteiger charge is 2.46. The molecule has 0 saturated heterocycles. The zero-order valence-corrected chi connectivity index (χ0v) is 16.0. The lowest BCUT2D eigenvalue weighted by atomic mass is 10.1. The summed E-state index contributed by atoms with van der Waals surface area (Å²) in [6.07, 6.45) is -2.73. The molecule has 0 fully saturated rings. The van der Waals surface area contributed by atoms with Crippen LogP contribution >= 0.6 is 23.4 Å². The highest BCUT2D eigenvalue weighted by atomic mass is 35.5. The number of amidine groups is 2. The van der Waals surface area contributed by atoms with Crippen LogP contribution in [0.5, 0.6) is 5.75 Å². The van der Waals surface area contributed by atoms with Gasteiger partial charge in [0.1, 0.15) is 0 Å². The number of alkyl halides is 3. The fourth-order valence-corrected chi connectivity index (χ4v) is 3.61. The highest BCUT2D eigenvalue weighted by Crippen LogP contribution is 2.35. The summed E-state index contributed by atoms with van der Waals surface area (Å²) in [4.78, 5) is 15.7. The van der Waals surface area contributed by atoms with E-state index in [2.05, 4.69) is 14.3 Å². The van der Waals surface area contributed by atoms with Crippen molar-refractivity contribution in [2.45, 2.75) is 6.18 Å². The number of hydrogen-bond donors (Lipinski definition) is 1. The Labute approximate surface area is 165 Å². The van der Waals surface area contributed by atoms with Gasteiger partial charge in [0.15, 0.2) is 11.6 Å². The summed E-state index contributed by atoms with van der Waals surface area (Å²) < 4.78 is 65.4. The number of fused-ring (bicyclic) bond motifs is 1. The molecule has 1 amide bonds. The molecule has 0 spiro atoms. The van der Waals surface area contributed by atoms with Gasteiger partial charge < -0.3 is 4.18 Å². The summed E-state index contributed by atoms with van der Waals surface area (Å²) in [6.45, 7) is 0. The summed E-state index contributed by atoms with van der Waals surface area (Å²) in [7, 11) is -3.81. The number of aliphatic imine (C=N–C) groups is 1. The summed E-state index contributed by atoms with van der Waals surface area (Å²) in [5.41, 5.74) is -0.0474. The number of hydrazone groups is 1. The van der Waals surface area contributed by atoms with Crippen molar-refractivity contribution >= 4 is 61.5 Å². The molecule has 1 aromatic carbocycles. The molecule has 0 radical (unpaired) electrons. The zero-order valence-electron chi connectivity index (χ0n) is 13.6. The van der Waals surface area contributed by atoms with E-state index in [0.29, 0.717) is 5.01 Å². The third-order valence-corrected chi connectivity index (χ3v) is 4.94. The molecule has 0 bridgehead atoms. The number of hydrogen-bond acceptors (Lipinski definition) is 7. The standard InChI is InChI=1S/C14H8ClF3N4O4S2/c1-28(24,25)26-9-3-2-6(5-8(9)15)4-7-10(19)22-13(20-11(7)23)27-12(21-22)14(16,17)18/h2-5,19H,1H3. The molecular weight excluding hydrogens is 445 g/mol. The van der Waals surface area contributed by atoms with Gasteiger partial charge in [0.25, 0.3) is 5.91 Å². The third kappa shape index (κ3) is 4.20. The van der Waals surface area contributed by atoms with E-state index in [1.807, 2.05) is 0 Å². The fourth-order valence-electron chi connectivity index (χ4n) is 2.11. The maximum absolute atomic E-state index is 12.8. The number of nitrogens with one attached hydrogen (secondary N) is 1. The molecule has 2 heterocycles. The normalized spacial score (nSPS) is 18.9. The number of carbonyl (C=O) groups is 1. The molecule has 0 aliphatic carbocycles. The Hall–Kier alpha value is -2.38. The average molecular weight is 453 g/mol. The molecule has 2 aliphatic rings. The molecular formula is C14H8ClF3N4O4S2. The Balaban J connectivity index is 1.94. The van der Waals surface area contributed by atoms with E-state index in [1.54, 1.807) is 0 Å². The molecule has 1 aromatic rings. The number of nitrogens with zero attached hydrogens (tertiary/aromatic N) is 3. The van der Waals surface area contributed by atoms with Gasteiger partial charge in [-0.25, -0.2) is 0 Å². The van der Waals surface area contributed by atoms with Crippen molar-refractivity contribution in [1.82, 2.24) is 5.01 Å². The predicted molar refractivity (Wildman–Crippen MR) is 98.0 cm³/mol. The SMILES string of the molecule is CS(=O)(=O)Oc1ccc(C=C2C(=N)N3N=C(C(F)(F)F)SC3=NC2=O)cc1Cl. The fraction of sp³-hybridized carbons (Fsp3) is 0.143. The summed E-state index contributed by atoms with van der Waals surface area (Å²) in [6, 6.07) is 3.84. The van der Waals surface area contributed by atoms with Crippen molar-refractivity contribution < 1.29 is 30.6 Å². The van der Waals surface area contributed by atoms with Crippen molar-refractivity contribution in [3.8, 4) is 5.75 Å². The molecule has 0 saturated carbocycles. The summed E-state index contributed by atoms with van der Waals surface area (Å²) in [5, 5.41) is 10.2. The number of thioether (sulfide) groups is 1. The number of carbonyl (C=O) groups excluding carboxylic acids is 1. The molecule has 2 aliphatic heterocycles. The van der Waals surface area contributed by atoms with Gasteiger partial charge in [0.05, 0.1) is 16.9 Å². The minimum Gasteiger partial charge on any atom is -0.381 e. The number of rotatable bonds is 3. The molecule has 0 aromatic heterocycles. The van der Waals surface area contributed by atoms with Crippen LogP contribution in [-0.4, -0.2) is 47.8 Å². The summed E-state index contributed by atoms with van der Waals surface area (Å²) in [5.74, 6) is -1.66. The van der Waals surface area contributed by atoms with Crippen molar-refractivity contribution in [3.63, 3.8) is 0 Å². The van der Waals surface area contributed by atoms with Gasteiger partial charge in [-0.05, 0) is 35.5 Å². The van der Waals surface area contributed by atoms with Crippen LogP contribution in [0.1, 0.15) is 5.56 Å². The van der Waals surface area contributed by atoms with Crippen LogP contribution in [0.2, 0.25) is 5.02 Å². The number of amides is 1. The van der Waals surface area contributed by atoms with Crippen LogP contribution in [0, 0.1) is 5.41 Å². The molecule has 148 valence electrons. The zero-order chi connectivity index (χ0) is 20.9. The molecule has 28 heavy (non-hydrogen) atoms. The largest absolute Gasteiger partial charge is 0.441 e. The quantitative estimate of drug-likeness (QED) is 0.557. The molecule has 0 unspecified atom stereocenters. The van der Waals surface area contributed by atoms with E-state index >= 15 is 0 Å². The Kier molecular flexibility index (Phi) is 5.02. The first kappa shape index (κ1) is 20.4. The van der Waals surface area contributed by atoms with Gasteiger partial charge in [-0.3, -0.25) is 10.2 Å². The topological polar surface area (TPSA) is 112 Å². The van der Waals surface area contributed by atoms with Crippen molar-refractivity contribution in [2.75, 3.05) is 6.26 Å². The van der Waals surface area contributed by atoms with E-state index < -0.39 is 33.1 Å². The highest BCUT2D eigenvalue weighted by molar-refractivity contribution is 8.27. The Bertz CT molecular complexity index is 1100. The van der Waals surface area contributed by atoms with Gasteiger partial charge in [-0.2, -0.15) is 36.7 Å². The smallest absolute Gasteiger partial charge is 0.381 e. The van der Waals surface area contributed by atoms with E-state index in [0.717, 1.165) is 6.26 Å². The first-order valence-corrected chi connectivity index (χ1v) is 10.1. The molecule has 1 N–H and O–H groups in total. The predicted octanol–water partition coefficient (Wildman–Crippen LogP) is 2.86. The van der Waals surface area contributed by atoms with E-state index in [9.17, 15) is 26.4 Å². The Morgan fingerprint density at radius 1 is 1.36 bits per heavy atom. The van der Waals surface area contributed by atoms with Gasteiger partial charge in [0.2, 0.25) is 10.2 Å². The van der Waals surface area contributed by atoms with Crippen LogP contribution < -0.4 is 4.18 Å². The van der Waals surface area contributed by atoms with Crippen LogP contribution in [0.4, 0.5) is 13.2 Å². The maximum Gasteiger partial charge on any atom is 0.441 e. The van der Waals surface area contributed by atoms with E-state index in [4.69, 9.17) is 17.0 Å². The van der Waals surface area contributed by atoms with Gasteiger partial charge in [-0.1, -0.05) is 17.7 Å². The van der Waals surface area contributed by atoms with E-state index in [-0.39, 0.29) is 38.8 Å². The van der Waals surface area contributed by atoms with Gasteiger partial charge in [-0.15, -0.1) is 0 Å². The van der Waals surface area contributed by atoms with Gasteiger partial charge >= 0.3 is 16.3 Å². The van der Waals surface area contributed by atoms with Crippen molar-refractivity contribution in [3.05, 3.63) is 34.4 Å². The summed E-state index contributed by atoms with van der Waals surface area (Å²) >= 11 is 6.08. The van der Waals surface area contributed by atoms with Crippen molar-refractivity contribution in [2.24, 2.45) is 10.1 Å². The Morgan fingerprint density at radius 3 is 2.61 bits per heavy atom. The average Bonchev–Trinajstić information content (AvgIpc) is 2.97. The molecule has 14 heteroatoms. The lowest BCUT2D eigenvalue weighted by molar-refractivity contribution is -0.114. The van der Waals surface area contributed by atoms with Crippen molar-refractivity contribution in [1.29, 1.82) is 5.41 Å². The van der Waals surface area contributed by atoms with E-state index in [1.165, 1.54) is 24.3 Å². The Morgan fingerprint density at radius 2 is 2.04 bits per heavy atom. The maximum atomic E-state index is 12.8. The molecule has 0 atom stereocenters. The lowest BCUT2D eigenvalue weighted by Gasteiger charge is -2.20. The third-order valence-electron chi connectivity index (χ3n) is 3.21.